The van der Waals surface area contributed by atoms with Crippen molar-refractivity contribution in [2.24, 2.45) is 0 Å². The number of hydrogen-bond donors (Lipinski definition) is 1. The highest BCUT2D eigenvalue weighted by Gasteiger charge is 2.05. The van der Waals surface area contributed by atoms with Crippen LogP contribution in [0.1, 0.15) is 23.6 Å². The van der Waals surface area contributed by atoms with Crippen LogP contribution in [0.3, 0.4) is 0 Å². The Morgan fingerprint density at radius 1 is 1.04 bits per heavy atom. The lowest BCUT2D eigenvalue weighted by Gasteiger charge is -2.11. The van der Waals surface area contributed by atoms with Gasteiger partial charge in [0, 0.05) is 0 Å². The maximum Gasteiger partial charge on any atom is 0.258 e. The van der Waals surface area contributed by atoms with Crippen LogP contribution in [0.5, 0.6) is 11.5 Å². The van der Waals surface area contributed by atoms with Crippen LogP contribution < -0.4 is 14.8 Å². The number of carbonyl (C=O) groups excluding carboxylic acids is 1. The SMILES string of the molecule is CCc1ccc(OCCNC(=O)COc2cc(C)ccc2C)cc1. The molecule has 1 N–H and O–H groups in total. The number of aryl methyl sites for hydroxylation is 3. The average Bonchev–Trinajstić information content (AvgIpc) is 2.60. The molecule has 24 heavy (non-hydrogen) atoms. The first-order valence-electron chi connectivity index (χ1n) is 8.27. The standard InChI is InChI=1S/C20H25NO3/c1-4-17-7-9-18(10-8-17)23-12-11-21-20(22)14-24-19-13-15(2)5-6-16(19)3/h5-10,13H,4,11-12,14H2,1-3H3,(H,21,22). The summed E-state index contributed by atoms with van der Waals surface area (Å²) in [5.41, 5.74) is 3.41. The third-order valence-electron chi connectivity index (χ3n) is 3.73. The molecule has 0 unspecified atom stereocenters. The highest BCUT2D eigenvalue weighted by molar-refractivity contribution is 5.77. The number of carbonyl (C=O) groups is 1. The van der Waals surface area contributed by atoms with Gasteiger partial charge in [-0.25, -0.2) is 0 Å². The van der Waals surface area contributed by atoms with E-state index >= 15 is 0 Å². The molecule has 0 heterocycles. The predicted octanol–water partition coefficient (Wildman–Crippen LogP) is 3.44. The molecule has 0 aliphatic rings. The van der Waals surface area contributed by atoms with Gasteiger partial charge in [-0.3, -0.25) is 4.79 Å². The molecule has 2 rings (SSSR count). The van der Waals surface area contributed by atoms with Crippen molar-refractivity contribution in [3.05, 3.63) is 59.2 Å². The number of rotatable bonds is 8. The monoisotopic (exact) mass is 327 g/mol. The minimum atomic E-state index is -0.152. The summed E-state index contributed by atoms with van der Waals surface area (Å²) in [7, 11) is 0. The van der Waals surface area contributed by atoms with E-state index in [0.717, 1.165) is 29.0 Å². The summed E-state index contributed by atoms with van der Waals surface area (Å²) in [6.07, 6.45) is 1.01. The third-order valence-corrected chi connectivity index (χ3v) is 3.73. The predicted molar refractivity (Wildman–Crippen MR) is 95.7 cm³/mol. The fourth-order valence-electron chi connectivity index (χ4n) is 2.24. The highest BCUT2D eigenvalue weighted by atomic mass is 16.5. The fraction of sp³-hybridized carbons (Fsp3) is 0.350. The van der Waals surface area contributed by atoms with Crippen LogP contribution in [0.2, 0.25) is 0 Å². The lowest BCUT2D eigenvalue weighted by Crippen LogP contribution is -2.32. The smallest absolute Gasteiger partial charge is 0.258 e. The van der Waals surface area contributed by atoms with Gasteiger partial charge >= 0.3 is 0 Å². The molecule has 0 spiro atoms. The second-order valence-corrected chi connectivity index (χ2v) is 5.75. The fourth-order valence-corrected chi connectivity index (χ4v) is 2.24. The van der Waals surface area contributed by atoms with Crippen molar-refractivity contribution in [3.63, 3.8) is 0 Å². The molecule has 128 valence electrons. The van der Waals surface area contributed by atoms with E-state index in [-0.39, 0.29) is 12.5 Å². The van der Waals surface area contributed by atoms with Crippen LogP contribution in [0.4, 0.5) is 0 Å². The number of ether oxygens (including phenoxy) is 2. The summed E-state index contributed by atoms with van der Waals surface area (Å²) in [4.78, 5) is 11.8. The third kappa shape index (κ3) is 5.61. The molecule has 0 saturated carbocycles. The molecule has 0 bridgehead atoms. The quantitative estimate of drug-likeness (QED) is 0.756. The summed E-state index contributed by atoms with van der Waals surface area (Å²) < 4.78 is 11.2. The maximum atomic E-state index is 11.8. The van der Waals surface area contributed by atoms with E-state index in [2.05, 4.69) is 12.2 Å². The topological polar surface area (TPSA) is 47.6 Å². The summed E-state index contributed by atoms with van der Waals surface area (Å²) in [5.74, 6) is 1.41. The zero-order valence-corrected chi connectivity index (χ0v) is 14.6. The first-order valence-corrected chi connectivity index (χ1v) is 8.27. The van der Waals surface area contributed by atoms with E-state index in [0.29, 0.717) is 13.2 Å². The molecule has 0 aliphatic heterocycles. The maximum absolute atomic E-state index is 11.8. The molecule has 2 aromatic rings. The Balaban J connectivity index is 1.66. The Morgan fingerprint density at radius 3 is 2.50 bits per heavy atom. The number of hydrogen-bond acceptors (Lipinski definition) is 3. The number of amides is 1. The minimum Gasteiger partial charge on any atom is -0.492 e. The molecule has 4 heteroatoms. The zero-order chi connectivity index (χ0) is 17.4. The lowest BCUT2D eigenvalue weighted by atomic mass is 10.1. The highest BCUT2D eigenvalue weighted by Crippen LogP contribution is 2.18. The molecule has 2 aromatic carbocycles. The Hall–Kier alpha value is -2.49. The zero-order valence-electron chi connectivity index (χ0n) is 14.6. The average molecular weight is 327 g/mol. The summed E-state index contributed by atoms with van der Waals surface area (Å²) in [5, 5.41) is 2.79. The molecule has 0 saturated heterocycles. The van der Waals surface area contributed by atoms with Crippen LogP contribution in [-0.4, -0.2) is 25.7 Å². The van der Waals surface area contributed by atoms with Gasteiger partial charge in [-0.2, -0.15) is 0 Å². The summed E-state index contributed by atoms with van der Waals surface area (Å²) >= 11 is 0. The van der Waals surface area contributed by atoms with E-state index in [1.165, 1.54) is 5.56 Å². The van der Waals surface area contributed by atoms with Crippen molar-refractivity contribution in [3.8, 4) is 11.5 Å². The van der Waals surface area contributed by atoms with Gasteiger partial charge in [0.25, 0.3) is 5.91 Å². The first kappa shape index (κ1) is 17.9. The van der Waals surface area contributed by atoms with Crippen LogP contribution in [0.25, 0.3) is 0 Å². The van der Waals surface area contributed by atoms with Crippen molar-refractivity contribution in [2.45, 2.75) is 27.2 Å². The number of nitrogens with one attached hydrogen (secondary N) is 1. The van der Waals surface area contributed by atoms with Gasteiger partial charge < -0.3 is 14.8 Å². The van der Waals surface area contributed by atoms with Crippen molar-refractivity contribution in [1.82, 2.24) is 5.32 Å². The van der Waals surface area contributed by atoms with E-state index in [9.17, 15) is 4.79 Å². The van der Waals surface area contributed by atoms with Crippen LogP contribution in [0.15, 0.2) is 42.5 Å². The molecule has 0 radical (unpaired) electrons. The van der Waals surface area contributed by atoms with E-state index < -0.39 is 0 Å². The Bertz CT molecular complexity index is 665. The largest absolute Gasteiger partial charge is 0.492 e. The van der Waals surface area contributed by atoms with Crippen LogP contribution >= 0.6 is 0 Å². The molecule has 0 aliphatic carbocycles. The van der Waals surface area contributed by atoms with E-state index in [1.807, 2.05) is 56.3 Å². The first-order chi connectivity index (χ1) is 11.6. The molecule has 0 fully saturated rings. The van der Waals surface area contributed by atoms with Crippen molar-refractivity contribution in [1.29, 1.82) is 0 Å². The van der Waals surface area contributed by atoms with Gasteiger partial charge in [0.2, 0.25) is 0 Å². The summed E-state index contributed by atoms with van der Waals surface area (Å²) in [6, 6.07) is 13.9. The van der Waals surface area contributed by atoms with Crippen molar-refractivity contribution < 1.29 is 14.3 Å². The van der Waals surface area contributed by atoms with Gasteiger partial charge in [0.15, 0.2) is 6.61 Å². The van der Waals surface area contributed by atoms with E-state index in [1.54, 1.807) is 0 Å². The second-order valence-electron chi connectivity index (χ2n) is 5.75. The number of benzene rings is 2. The van der Waals surface area contributed by atoms with Gasteiger partial charge in [0.05, 0.1) is 6.54 Å². The second kappa shape index (κ2) is 8.96. The van der Waals surface area contributed by atoms with Crippen molar-refractivity contribution in [2.75, 3.05) is 19.8 Å². The van der Waals surface area contributed by atoms with Crippen LogP contribution in [0, 0.1) is 13.8 Å². The molecule has 0 atom stereocenters. The Kier molecular flexibility index (Phi) is 6.67. The molecule has 4 nitrogen and oxygen atoms in total. The van der Waals surface area contributed by atoms with Gasteiger partial charge in [-0.15, -0.1) is 0 Å². The molecular weight excluding hydrogens is 302 g/mol. The lowest BCUT2D eigenvalue weighted by molar-refractivity contribution is -0.123. The minimum absolute atomic E-state index is 0.00941. The van der Waals surface area contributed by atoms with Gasteiger partial charge in [-0.05, 0) is 55.2 Å². The Morgan fingerprint density at radius 2 is 1.79 bits per heavy atom. The Labute approximate surface area is 143 Å². The normalized spacial score (nSPS) is 10.3. The molecular formula is C20H25NO3. The van der Waals surface area contributed by atoms with Gasteiger partial charge in [0.1, 0.15) is 18.1 Å². The van der Waals surface area contributed by atoms with Gasteiger partial charge in [-0.1, -0.05) is 31.2 Å². The van der Waals surface area contributed by atoms with Crippen molar-refractivity contribution >= 4 is 5.91 Å². The molecule has 1 amide bonds. The van der Waals surface area contributed by atoms with Crippen LogP contribution in [-0.2, 0) is 11.2 Å². The molecule has 0 aromatic heterocycles. The van der Waals surface area contributed by atoms with E-state index in [4.69, 9.17) is 9.47 Å². The summed E-state index contributed by atoms with van der Waals surface area (Å²) in [6.45, 7) is 6.97.